The molecule has 8 heteroatoms. The summed E-state index contributed by atoms with van der Waals surface area (Å²) in [5, 5.41) is 8.47. The lowest BCUT2D eigenvalue weighted by atomic mass is 10.1. The molecule has 0 unspecified atom stereocenters. The van der Waals surface area contributed by atoms with Crippen LogP contribution in [-0.2, 0) is 4.74 Å². The quantitative estimate of drug-likeness (QED) is 0.418. The standard InChI is InChI=1S/C22H27N3O4S/c1-4-28-13-14-29-19-12-8-6-10-17(19)21(27)25-22(30)24-18-11-7-5-9-16(18)20(26)23-15(2)3/h5-12,15H,4,13-14H2,1-3H3,(H,23,26)(H2,24,25,27,30). The summed E-state index contributed by atoms with van der Waals surface area (Å²) in [5.74, 6) is -0.201. The fourth-order valence-electron chi connectivity index (χ4n) is 2.59. The van der Waals surface area contributed by atoms with Crippen molar-refractivity contribution in [2.24, 2.45) is 0 Å². The Morgan fingerprint density at radius 3 is 2.33 bits per heavy atom. The Morgan fingerprint density at radius 2 is 1.63 bits per heavy atom. The van der Waals surface area contributed by atoms with E-state index in [4.69, 9.17) is 21.7 Å². The van der Waals surface area contributed by atoms with Crippen molar-refractivity contribution >= 4 is 34.8 Å². The SMILES string of the molecule is CCOCCOc1ccccc1C(=O)NC(=S)Nc1ccccc1C(=O)NC(C)C. The van der Waals surface area contributed by atoms with Crippen molar-refractivity contribution in [3.63, 3.8) is 0 Å². The second-order valence-corrected chi connectivity index (χ2v) is 7.03. The highest BCUT2D eigenvalue weighted by Crippen LogP contribution is 2.18. The summed E-state index contributed by atoms with van der Waals surface area (Å²) in [4.78, 5) is 25.1. The molecule has 0 saturated carbocycles. The van der Waals surface area contributed by atoms with E-state index in [1.165, 1.54) is 0 Å². The van der Waals surface area contributed by atoms with Crippen LogP contribution in [0, 0.1) is 0 Å². The molecule has 3 N–H and O–H groups in total. The third kappa shape index (κ3) is 7.13. The van der Waals surface area contributed by atoms with Gasteiger partial charge in [0.15, 0.2) is 5.11 Å². The summed E-state index contributed by atoms with van der Waals surface area (Å²) in [6, 6.07) is 13.8. The molecule has 0 saturated heterocycles. The van der Waals surface area contributed by atoms with Crippen LogP contribution in [0.1, 0.15) is 41.5 Å². The van der Waals surface area contributed by atoms with Gasteiger partial charge < -0.3 is 20.1 Å². The summed E-state index contributed by atoms with van der Waals surface area (Å²) in [5.41, 5.74) is 1.29. The summed E-state index contributed by atoms with van der Waals surface area (Å²) in [6.07, 6.45) is 0. The zero-order chi connectivity index (χ0) is 21.9. The second kappa shape index (κ2) is 11.9. The molecule has 0 aliphatic heterocycles. The number of amides is 2. The van der Waals surface area contributed by atoms with Crippen LogP contribution in [0.15, 0.2) is 48.5 Å². The predicted octanol–water partition coefficient (Wildman–Crippen LogP) is 3.37. The van der Waals surface area contributed by atoms with Crippen LogP contribution in [0.25, 0.3) is 0 Å². The molecule has 0 fully saturated rings. The van der Waals surface area contributed by atoms with Gasteiger partial charge in [0.25, 0.3) is 11.8 Å². The number of thiocarbonyl (C=S) groups is 1. The van der Waals surface area contributed by atoms with Crippen LogP contribution in [0.2, 0.25) is 0 Å². The number of benzene rings is 2. The summed E-state index contributed by atoms with van der Waals surface area (Å²) in [7, 11) is 0. The van der Waals surface area contributed by atoms with Gasteiger partial charge in [-0.2, -0.15) is 0 Å². The molecule has 30 heavy (non-hydrogen) atoms. The van der Waals surface area contributed by atoms with Gasteiger partial charge in [-0.25, -0.2) is 0 Å². The minimum Gasteiger partial charge on any atom is -0.490 e. The van der Waals surface area contributed by atoms with Crippen LogP contribution in [0.5, 0.6) is 5.75 Å². The van der Waals surface area contributed by atoms with Gasteiger partial charge in [-0.15, -0.1) is 0 Å². The lowest BCUT2D eigenvalue weighted by molar-refractivity contribution is 0.0941. The van der Waals surface area contributed by atoms with Gasteiger partial charge in [-0.1, -0.05) is 24.3 Å². The average molecular weight is 430 g/mol. The summed E-state index contributed by atoms with van der Waals surface area (Å²) in [6.45, 7) is 7.03. The third-order valence-electron chi connectivity index (χ3n) is 3.89. The van der Waals surface area contributed by atoms with Crippen molar-refractivity contribution in [1.29, 1.82) is 0 Å². The molecule has 2 amide bonds. The monoisotopic (exact) mass is 429 g/mol. The Bertz CT molecular complexity index is 886. The molecule has 2 aromatic carbocycles. The van der Waals surface area contributed by atoms with Gasteiger partial charge in [0, 0.05) is 12.6 Å². The van der Waals surface area contributed by atoms with Crippen LogP contribution < -0.4 is 20.7 Å². The highest BCUT2D eigenvalue weighted by Gasteiger charge is 2.16. The van der Waals surface area contributed by atoms with Crippen molar-refractivity contribution in [2.75, 3.05) is 25.1 Å². The lowest BCUT2D eigenvalue weighted by Gasteiger charge is -2.15. The number of hydrogen-bond acceptors (Lipinski definition) is 5. The number of nitrogens with one attached hydrogen (secondary N) is 3. The molecular formula is C22H27N3O4S. The van der Waals surface area contributed by atoms with Crippen molar-refractivity contribution in [1.82, 2.24) is 10.6 Å². The van der Waals surface area contributed by atoms with Crippen LogP contribution in [-0.4, -0.2) is 42.8 Å². The van der Waals surface area contributed by atoms with E-state index in [0.717, 1.165) is 0 Å². The predicted molar refractivity (Wildman–Crippen MR) is 121 cm³/mol. The Morgan fingerprint density at radius 1 is 0.967 bits per heavy atom. The second-order valence-electron chi connectivity index (χ2n) is 6.62. The van der Waals surface area contributed by atoms with E-state index in [1.807, 2.05) is 20.8 Å². The third-order valence-corrected chi connectivity index (χ3v) is 4.09. The maximum Gasteiger partial charge on any atom is 0.261 e. The number of anilines is 1. The minimum atomic E-state index is -0.413. The zero-order valence-corrected chi connectivity index (χ0v) is 18.2. The number of carbonyl (C=O) groups excluding carboxylic acids is 2. The van der Waals surface area contributed by atoms with Crippen molar-refractivity contribution in [3.8, 4) is 5.75 Å². The normalized spacial score (nSPS) is 10.4. The first-order valence-electron chi connectivity index (χ1n) is 9.74. The Labute approximate surface area is 182 Å². The maximum atomic E-state index is 12.7. The van der Waals surface area contributed by atoms with Gasteiger partial charge in [-0.3, -0.25) is 14.9 Å². The minimum absolute atomic E-state index is 0.00330. The molecule has 0 aromatic heterocycles. The van der Waals surface area contributed by atoms with Crippen LogP contribution in [0.4, 0.5) is 5.69 Å². The summed E-state index contributed by atoms with van der Waals surface area (Å²) < 4.78 is 10.9. The smallest absolute Gasteiger partial charge is 0.261 e. The molecule has 0 aliphatic rings. The van der Waals surface area contributed by atoms with Crippen LogP contribution in [0.3, 0.4) is 0 Å². The van der Waals surface area contributed by atoms with E-state index >= 15 is 0 Å². The number of hydrogen-bond donors (Lipinski definition) is 3. The largest absolute Gasteiger partial charge is 0.490 e. The molecule has 160 valence electrons. The fourth-order valence-corrected chi connectivity index (χ4v) is 2.79. The molecule has 7 nitrogen and oxygen atoms in total. The fraction of sp³-hybridized carbons (Fsp3) is 0.318. The van der Waals surface area contributed by atoms with Gasteiger partial charge in [0.05, 0.1) is 23.4 Å². The number of para-hydroxylation sites is 2. The molecule has 0 spiro atoms. The number of rotatable bonds is 9. The van der Waals surface area contributed by atoms with E-state index in [1.54, 1.807) is 48.5 Å². The van der Waals surface area contributed by atoms with Gasteiger partial charge >= 0.3 is 0 Å². The maximum absolute atomic E-state index is 12.7. The topological polar surface area (TPSA) is 88.7 Å². The van der Waals surface area contributed by atoms with Crippen LogP contribution >= 0.6 is 12.2 Å². The van der Waals surface area contributed by atoms with Crippen molar-refractivity contribution in [2.45, 2.75) is 26.8 Å². The molecule has 2 aromatic rings. The van der Waals surface area contributed by atoms with E-state index in [-0.39, 0.29) is 17.1 Å². The molecular weight excluding hydrogens is 402 g/mol. The zero-order valence-electron chi connectivity index (χ0n) is 17.4. The Balaban J connectivity index is 2.04. The highest BCUT2D eigenvalue weighted by molar-refractivity contribution is 7.80. The number of ether oxygens (including phenoxy) is 2. The Kier molecular flexibility index (Phi) is 9.24. The number of carbonyl (C=O) groups is 2. The molecule has 2 rings (SSSR count). The molecule has 0 radical (unpaired) electrons. The first kappa shape index (κ1) is 23.3. The molecule has 0 atom stereocenters. The Hall–Kier alpha value is -2.97. The van der Waals surface area contributed by atoms with E-state index in [0.29, 0.717) is 42.4 Å². The van der Waals surface area contributed by atoms with Gasteiger partial charge in [0.1, 0.15) is 12.4 Å². The lowest BCUT2D eigenvalue weighted by Crippen LogP contribution is -2.36. The first-order valence-corrected chi connectivity index (χ1v) is 10.1. The van der Waals surface area contributed by atoms with Gasteiger partial charge in [-0.05, 0) is 57.3 Å². The van der Waals surface area contributed by atoms with Gasteiger partial charge in [0.2, 0.25) is 0 Å². The van der Waals surface area contributed by atoms with E-state index in [2.05, 4.69) is 16.0 Å². The molecule has 0 heterocycles. The van der Waals surface area contributed by atoms with E-state index in [9.17, 15) is 9.59 Å². The first-order chi connectivity index (χ1) is 14.4. The summed E-state index contributed by atoms with van der Waals surface area (Å²) >= 11 is 5.28. The van der Waals surface area contributed by atoms with Crippen molar-refractivity contribution in [3.05, 3.63) is 59.7 Å². The van der Waals surface area contributed by atoms with Crippen molar-refractivity contribution < 1.29 is 19.1 Å². The van der Waals surface area contributed by atoms with E-state index < -0.39 is 5.91 Å². The molecule has 0 bridgehead atoms. The molecule has 0 aliphatic carbocycles. The highest BCUT2D eigenvalue weighted by atomic mass is 32.1. The average Bonchev–Trinajstić information content (AvgIpc) is 2.71.